The third-order valence-electron chi connectivity index (χ3n) is 16.1. The van der Waals surface area contributed by atoms with Gasteiger partial charge in [0.25, 0.3) is 6.29 Å². The number of rotatable bonds is 67. The number of unbranched alkanes of at least 4 members (excludes halogenated alkanes) is 46. The minimum atomic E-state index is -1.51. The van der Waals surface area contributed by atoms with Crippen LogP contribution in [0.4, 0.5) is 0 Å². The van der Waals surface area contributed by atoms with Gasteiger partial charge in [-0.3, -0.25) is 9.59 Å². The summed E-state index contributed by atoms with van der Waals surface area (Å²) < 4.78 is 23.0. The van der Waals surface area contributed by atoms with Crippen LogP contribution in [0.2, 0.25) is 0 Å². The average molecular weight is 1160 g/mol. The van der Waals surface area contributed by atoms with Crippen molar-refractivity contribution in [1.29, 1.82) is 0 Å². The Labute approximate surface area is 509 Å². The molecule has 82 heavy (non-hydrogen) atoms. The first kappa shape index (κ1) is 79.5. The van der Waals surface area contributed by atoms with Crippen LogP contribution < -0.4 is 0 Å². The number of ether oxygens (including phenoxy) is 4. The van der Waals surface area contributed by atoms with E-state index in [2.05, 4.69) is 50.3 Å². The van der Waals surface area contributed by atoms with Gasteiger partial charge in [0.2, 0.25) is 0 Å². The first-order chi connectivity index (χ1) is 40.1. The van der Waals surface area contributed by atoms with Crippen molar-refractivity contribution >= 4 is 17.9 Å². The van der Waals surface area contributed by atoms with E-state index >= 15 is 0 Å². The molecule has 482 valence electrons. The van der Waals surface area contributed by atoms with Crippen molar-refractivity contribution in [3.63, 3.8) is 0 Å². The monoisotopic (exact) mass is 1160 g/mol. The van der Waals surface area contributed by atoms with Gasteiger partial charge in [0.15, 0.2) is 6.10 Å². The molecule has 0 aromatic heterocycles. The van der Waals surface area contributed by atoms with Gasteiger partial charge in [0.05, 0.1) is 34.4 Å². The lowest BCUT2D eigenvalue weighted by molar-refractivity contribution is -0.870. The fourth-order valence-electron chi connectivity index (χ4n) is 10.7. The lowest BCUT2D eigenvalue weighted by Gasteiger charge is -2.25. The van der Waals surface area contributed by atoms with Crippen molar-refractivity contribution in [3.05, 3.63) is 36.5 Å². The smallest absolute Gasteiger partial charge is 0.361 e. The van der Waals surface area contributed by atoms with Crippen LogP contribution in [0, 0.1) is 0 Å². The van der Waals surface area contributed by atoms with Crippen LogP contribution in [0.1, 0.15) is 354 Å². The molecule has 0 rings (SSSR count). The topological polar surface area (TPSA) is 108 Å². The van der Waals surface area contributed by atoms with E-state index in [-0.39, 0.29) is 38.2 Å². The molecule has 2 unspecified atom stereocenters. The predicted molar refractivity (Wildman–Crippen MR) is 351 cm³/mol. The number of allylic oxidation sites excluding steroid dienone is 6. The first-order valence-electron chi connectivity index (χ1n) is 35.7. The van der Waals surface area contributed by atoms with Gasteiger partial charge in [-0.1, -0.05) is 326 Å². The Morgan fingerprint density at radius 2 is 0.659 bits per heavy atom. The molecule has 0 saturated heterocycles. The highest BCUT2D eigenvalue weighted by atomic mass is 16.7. The van der Waals surface area contributed by atoms with Crippen LogP contribution in [0.25, 0.3) is 0 Å². The number of quaternary nitrogens is 1. The molecule has 0 aromatic rings. The van der Waals surface area contributed by atoms with Crippen LogP contribution in [-0.4, -0.2) is 87.4 Å². The third kappa shape index (κ3) is 65.1. The third-order valence-corrected chi connectivity index (χ3v) is 16.1. The summed E-state index contributed by atoms with van der Waals surface area (Å²) in [6.45, 7) is 4.93. The second-order valence-corrected chi connectivity index (χ2v) is 25.6. The molecular formula is C73H138NO8+. The normalized spacial score (nSPS) is 12.8. The van der Waals surface area contributed by atoms with E-state index in [0.29, 0.717) is 17.4 Å². The molecule has 0 radical (unpaired) electrons. The molecule has 1 N–H and O–H groups in total. The van der Waals surface area contributed by atoms with E-state index in [1.165, 1.54) is 276 Å². The fraction of sp³-hybridized carbons (Fsp3) is 0.877. The Morgan fingerprint density at radius 1 is 0.366 bits per heavy atom. The summed E-state index contributed by atoms with van der Waals surface area (Å²) in [6, 6.07) is 0. The van der Waals surface area contributed by atoms with E-state index in [1.54, 1.807) is 0 Å². The zero-order valence-corrected chi connectivity index (χ0v) is 55.2. The van der Waals surface area contributed by atoms with Gasteiger partial charge in [0.1, 0.15) is 13.2 Å². The first-order valence-corrected chi connectivity index (χ1v) is 35.7. The number of carboxylic acid groups (broad SMARTS) is 1. The zero-order chi connectivity index (χ0) is 59.8. The number of aliphatic carboxylic acids is 1. The lowest BCUT2D eigenvalue weighted by Crippen LogP contribution is -2.40. The van der Waals surface area contributed by atoms with E-state index < -0.39 is 18.4 Å². The van der Waals surface area contributed by atoms with Crippen LogP contribution in [0.15, 0.2) is 36.5 Å². The van der Waals surface area contributed by atoms with Gasteiger partial charge >= 0.3 is 17.9 Å². The number of hydrogen-bond donors (Lipinski definition) is 1. The van der Waals surface area contributed by atoms with Crippen molar-refractivity contribution in [1.82, 2.24) is 0 Å². The Kier molecular flexibility index (Phi) is 62.5. The quantitative estimate of drug-likeness (QED) is 0.0211. The van der Waals surface area contributed by atoms with Gasteiger partial charge in [-0.2, -0.15) is 0 Å². The Morgan fingerprint density at radius 3 is 0.976 bits per heavy atom. The van der Waals surface area contributed by atoms with E-state index in [9.17, 15) is 19.5 Å². The van der Waals surface area contributed by atoms with Gasteiger partial charge < -0.3 is 28.5 Å². The van der Waals surface area contributed by atoms with Crippen LogP contribution in [-0.2, 0) is 33.3 Å². The molecule has 0 aliphatic rings. The minimum absolute atomic E-state index is 0.174. The molecule has 0 saturated carbocycles. The number of carboxylic acids is 1. The number of esters is 2. The van der Waals surface area contributed by atoms with Crippen molar-refractivity contribution in [3.8, 4) is 0 Å². The summed E-state index contributed by atoms with van der Waals surface area (Å²) in [4.78, 5) is 37.5. The maximum absolute atomic E-state index is 12.9. The fourth-order valence-corrected chi connectivity index (χ4v) is 10.7. The average Bonchev–Trinajstić information content (AvgIpc) is 3.45. The van der Waals surface area contributed by atoms with E-state index in [4.69, 9.17) is 18.9 Å². The molecule has 2 atom stereocenters. The minimum Gasteiger partial charge on any atom is -0.477 e. The van der Waals surface area contributed by atoms with Gasteiger partial charge in [-0.05, 0) is 51.4 Å². The number of carbonyl (C=O) groups excluding carboxylic acids is 2. The van der Waals surface area contributed by atoms with Crippen molar-refractivity contribution in [2.45, 2.75) is 367 Å². The summed E-state index contributed by atoms with van der Waals surface area (Å²) in [6.07, 6.45) is 78.5. The van der Waals surface area contributed by atoms with Gasteiger partial charge in [-0.25, -0.2) is 4.79 Å². The predicted octanol–water partition coefficient (Wildman–Crippen LogP) is 22.0. The highest BCUT2D eigenvalue weighted by molar-refractivity contribution is 5.71. The molecule has 0 fully saturated rings. The summed E-state index contributed by atoms with van der Waals surface area (Å²) in [5.41, 5.74) is 0. The summed E-state index contributed by atoms with van der Waals surface area (Å²) in [5, 5.41) is 9.73. The van der Waals surface area contributed by atoms with Gasteiger partial charge in [-0.15, -0.1) is 0 Å². The summed E-state index contributed by atoms with van der Waals surface area (Å²) in [5.74, 6) is -1.98. The molecule has 0 amide bonds. The maximum atomic E-state index is 12.9. The number of nitrogens with zero attached hydrogens (tertiary/aromatic N) is 1. The standard InChI is InChI=1S/C73H137NO8/c1-6-8-10-12-14-16-18-20-22-24-25-26-27-28-29-30-31-32-33-34-35-36-37-38-39-40-41-42-43-44-45-46-47-48-50-52-54-56-58-60-62-64-71(76)82-69(68-81-73(72(77)78)79-66-65-74(3,4)5)67-80-70(75)63-61-59-57-55-53-51-49-23-21-19-17-15-13-11-9-7-2/h18,20,24-25,27-28,69,73H,6-17,19,21-23,26,29-68H2,1-5H3/p+1/b20-18-,25-24-,28-27-. The van der Waals surface area contributed by atoms with Crippen LogP contribution >= 0.6 is 0 Å². The summed E-state index contributed by atoms with van der Waals surface area (Å²) >= 11 is 0. The highest BCUT2D eigenvalue weighted by Gasteiger charge is 2.25. The van der Waals surface area contributed by atoms with Crippen molar-refractivity contribution in [2.75, 3.05) is 47.5 Å². The zero-order valence-electron chi connectivity index (χ0n) is 55.2. The molecule has 0 aliphatic carbocycles. The lowest BCUT2D eigenvalue weighted by atomic mass is 10.0. The highest BCUT2D eigenvalue weighted by Crippen LogP contribution is 2.19. The number of likely N-dealkylation sites (N-methyl/N-ethyl adjacent to an activating group) is 1. The van der Waals surface area contributed by atoms with E-state index in [0.717, 1.165) is 51.4 Å². The Bertz CT molecular complexity index is 1440. The molecule has 0 aromatic carbocycles. The largest absolute Gasteiger partial charge is 0.477 e. The molecule has 0 spiro atoms. The molecule has 9 heteroatoms. The maximum Gasteiger partial charge on any atom is 0.361 e. The second-order valence-electron chi connectivity index (χ2n) is 25.6. The molecule has 0 heterocycles. The molecular weight excluding hydrogens is 1020 g/mol. The second kappa shape index (κ2) is 64.5. The number of hydrogen-bond acceptors (Lipinski definition) is 7. The van der Waals surface area contributed by atoms with Gasteiger partial charge in [0, 0.05) is 12.8 Å². The van der Waals surface area contributed by atoms with Crippen molar-refractivity contribution in [2.24, 2.45) is 0 Å². The Hall–Kier alpha value is -2.49. The van der Waals surface area contributed by atoms with Crippen molar-refractivity contribution < 1.29 is 42.9 Å². The number of carbonyl (C=O) groups is 3. The van der Waals surface area contributed by atoms with Crippen LogP contribution in [0.3, 0.4) is 0 Å². The van der Waals surface area contributed by atoms with E-state index in [1.807, 2.05) is 21.1 Å². The molecule has 0 aliphatic heterocycles. The Balaban J connectivity index is 3.91. The molecule has 0 bridgehead atoms. The molecule has 9 nitrogen and oxygen atoms in total. The summed E-state index contributed by atoms with van der Waals surface area (Å²) in [7, 11) is 5.99. The van der Waals surface area contributed by atoms with Crippen LogP contribution in [0.5, 0.6) is 0 Å². The SMILES string of the molecule is CCCCCCC/C=C\C/C=C\C/C=C\CCCCCCCCCCCCCCCCCCCCCCCCCCCCC(=O)OC(COC(=O)CCCCCCCCCCCCCCCCCC)COC(OCC[N+](C)(C)C)C(=O)O.